The van der Waals surface area contributed by atoms with Crippen molar-refractivity contribution in [3.63, 3.8) is 0 Å². The van der Waals surface area contributed by atoms with Crippen LogP contribution in [0.25, 0.3) is 0 Å². The van der Waals surface area contributed by atoms with Gasteiger partial charge >= 0.3 is 12.0 Å². The van der Waals surface area contributed by atoms with Gasteiger partial charge in [-0.15, -0.1) is 0 Å². The minimum absolute atomic E-state index is 0.0188. The van der Waals surface area contributed by atoms with E-state index >= 15 is 0 Å². The molecule has 3 saturated heterocycles. The van der Waals surface area contributed by atoms with Gasteiger partial charge in [0, 0.05) is 14.1 Å². The summed E-state index contributed by atoms with van der Waals surface area (Å²) in [5, 5.41) is 6.75. The summed E-state index contributed by atoms with van der Waals surface area (Å²) in [7, 11) is 3.64. The van der Waals surface area contributed by atoms with E-state index in [1.807, 2.05) is 14.1 Å². The summed E-state index contributed by atoms with van der Waals surface area (Å²) in [6.45, 7) is 3.28. The largest absolute Gasteiger partial charge is 0.375 e. The van der Waals surface area contributed by atoms with Crippen LogP contribution in [0.1, 0.15) is 0 Å². The van der Waals surface area contributed by atoms with Crippen LogP contribution in [-0.2, 0) is 4.74 Å². The van der Waals surface area contributed by atoms with Gasteiger partial charge in [0.1, 0.15) is 0 Å². The van der Waals surface area contributed by atoms with Gasteiger partial charge in [0.15, 0.2) is 0 Å². The number of hydrogen-bond acceptors (Lipinski definition) is 2. The minimum atomic E-state index is 0.0188. The summed E-state index contributed by atoms with van der Waals surface area (Å²) in [5.74, 6) is 1.01. The van der Waals surface area contributed by atoms with Gasteiger partial charge < -0.3 is 4.74 Å². The Bertz CT molecular complexity index is 353. The van der Waals surface area contributed by atoms with Crippen molar-refractivity contribution in [2.75, 3.05) is 40.4 Å². The van der Waals surface area contributed by atoms with Crippen molar-refractivity contribution in [1.82, 2.24) is 20.4 Å². The minimum Gasteiger partial charge on any atom is -0.375 e. The van der Waals surface area contributed by atoms with Crippen molar-refractivity contribution >= 4 is 12.0 Å². The number of ether oxygens (including phenoxy) is 1. The van der Waals surface area contributed by atoms with E-state index in [1.165, 1.54) is 0 Å². The van der Waals surface area contributed by atoms with Crippen molar-refractivity contribution in [1.29, 1.82) is 0 Å². The molecule has 2 amide bonds. The number of hydrogen-bond donors (Lipinski definition) is 2. The van der Waals surface area contributed by atoms with Crippen LogP contribution in [0.3, 0.4) is 0 Å². The Morgan fingerprint density at radius 2 is 1.71 bits per heavy atom. The van der Waals surface area contributed by atoms with E-state index in [0.717, 1.165) is 32.3 Å². The van der Waals surface area contributed by atoms with Crippen molar-refractivity contribution in [3.05, 3.63) is 0 Å². The molecule has 0 bridgehead atoms. The lowest BCUT2D eigenvalue weighted by Gasteiger charge is -2.18. The topological polar surface area (TPSA) is 59.9 Å². The standard InChI is InChI=1S/C10H17N5O2/c1-13-7-8(14(2)10(13)16)12-9(11-7)15-3-5-17-6-4-15/h7-8H,3-6H2,1-2H3,(H,11,12)/p+1. The molecule has 7 nitrogen and oxygen atoms in total. The smallest absolute Gasteiger partial charge is 0.349 e. The molecule has 0 aromatic heterocycles. The van der Waals surface area contributed by atoms with E-state index in [9.17, 15) is 4.79 Å². The Kier molecular flexibility index (Phi) is 2.36. The van der Waals surface area contributed by atoms with E-state index in [4.69, 9.17) is 4.74 Å². The molecule has 0 saturated carbocycles. The zero-order valence-corrected chi connectivity index (χ0v) is 10.1. The Balaban J connectivity index is 1.80. The van der Waals surface area contributed by atoms with Crippen LogP contribution >= 0.6 is 0 Å². The summed E-state index contributed by atoms with van der Waals surface area (Å²) in [5.41, 5.74) is 0. The number of guanidine groups is 1. The molecule has 7 heteroatoms. The molecule has 0 radical (unpaired) electrons. The number of likely N-dealkylation sites (N-methyl/N-ethyl adjacent to an activating group) is 2. The third-order valence-corrected chi connectivity index (χ3v) is 3.63. The molecule has 0 spiro atoms. The SMILES string of the molecule is CN1C(=O)N(C)C2NC(=[N+]3CCOCC3)NC21. The molecule has 2 N–H and O–H groups in total. The molecule has 94 valence electrons. The van der Waals surface area contributed by atoms with E-state index < -0.39 is 0 Å². The zero-order valence-electron chi connectivity index (χ0n) is 10.1. The summed E-state index contributed by atoms with van der Waals surface area (Å²) >= 11 is 0. The first-order chi connectivity index (χ1) is 8.18. The van der Waals surface area contributed by atoms with E-state index in [1.54, 1.807) is 9.80 Å². The normalized spacial score (nSPS) is 32.7. The van der Waals surface area contributed by atoms with Crippen LogP contribution in [-0.4, -0.2) is 79.1 Å². The van der Waals surface area contributed by atoms with Crippen LogP contribution in [0.15, 0.2) is 0 Å². The van der Waals surface area contributed by atoms with Gasteiger partial charge in [-0.3, -0.25) is 25.0 Å². The number of carbonyl (C=O) groups is 1. The second-order valence-electron chi connectivity index (χ2n) is 4.63. The molecule has 17 heavy (non-hydrogen) atoms. The Labute approximate surface area is 100 Å². The van der Waals surface area contributed by atoms with Gasteiger partial charge in [0.05, 0.1) is 26.3 Å². The lowest BCUT2D eigenvalue weighted by molar-refractivity contribution is -0.552. The summed E-state index contributed by atoms with van der Waals surface area (Å²) in [6.07, 6.45) is 0.0377. The highest BCUT2D eigenvalue weighted by Crippen LogP contribution is 2.19. The predicted octanol–water partition coefficient (Wildman–Crippen LogP) is -1.77. The number of rotatable bonds is 0. The second kappa shape index (κ2) is 3.76. The number of amides is 2. The van der Waals surface area contributed by atoms with Gasteiger partial charge in [-0.25, -0.2) is 4.79 Å². The highest BCUT2D eigenvalue weighted by molar-refractivity contribution is 5.84. The quantitative estimate of drug-likeness (QED) is 0.492. The molecule has 3 rings (SSSR count). The highest BCUT2D eigenvalue weighted by atomic mass is 16.5. The number of carbonyl (C=O) groups excluding carboxylic acids is 1. The average molecular weight is 240 g/mol. The first-order valence-electron chi connectivity index (χ1n) is 5.91. The molecule has 3 aliphatic rings. The van der Waals surface area contributed by atoms with Crippen molar-refractivity contribution in [3.8, 4) is 0 Å². The molecule has 3 heterocycles. The van der Waals surface area contributed by atoms with E-state index in [-0.39, 0.29) is 18.4 Å². The molecule has 3 aliphatic heterocycles. The van der Waals surface area contributed by atoms with Crippen LogP contribution in [0.4, 0.5) is 4.79 Å². The van der Waals surface area contributed by atoms with E-state index in [0.29, 0.717) is 0 Å². The Hall–Kier alpha value is -1.50. The van der Waals surface area contributed by atoms with Crippen LogP contribution < -0.4 is 10.6 Å². The van der Waals surface area contributed by atoms with Crippen LogP contribution in [0, 0.1) is 0 Å². The molecule has 0 aliphatic carbocycles. The summed E-state index contributed by atoms with van der Waals surface area (Å²) in [6, 6.07) is 0.0426. The molecular formula is C10H18N5O2+. The molecule has 2 unspecified atom stereocenters. The molecular weight excluding hydrogens is 222 g/mol. The maximum atomic E-state index is 11.7. The lowest BCUT2D eigenvalue weighted by atomic mass is 10.4. The average Bonchev–Trinajstić information content (AvgIpc) is 2.88. The number of nitrogens with one attached hydrogen (secondary N) is 2. The summed E-state index contributed by atoms with van der Waals surface area (Å²) in [4.78, 5) is 15.2. The van der Waals surface area contributed by atoms with Gasteiger partial charge in [-0.2, -0.15) is 0 Å². The molecule has 2 atom stereocenters. The maximum Gasteiger partial charge on any atom is 0.349 e. The first-order valence-corrected chi connectivity index (χ1v) is 5.91. The molecule has 0 aromatic rings. The van der Waals surface area contributed by atoms with E-state index in [2.05, 4.69) is 15.2 Å². The third-order valence-electron chi connectivity index (χ3n) is 3.63. The number of nitrogens with zero attached hydrogens (tertiary/aromatic N) is 3. The Morgan fingerprint density at radius 3 is 2.24 bits per heavy atom. The second-order valence-corrected chi connectivity index (χ2v) is 4.63. The third kappa shape index (κ3) is 1.53. The first kappa shape index (κ1) is 10.6. The van der Waals surface area contributed by atoms with Gasteiger partial charge in [-0.05, 0) is 0 Å². The fourth-order valence-electron chi connectivity index (χ4n) is 2.55. The number of morpholine rings is 1. The van der Waals surface area contributed by atoms with Gasteiger partial charge in [-0.1, -0.05) is 0 Å². The fourth-order valence-corrected chi connectivity index (χ4v) is 2.55. The molecule has 0 aromatic carbocycles. The van der Waals surface area contributed by atoms with Crippen molar-refractivity contribution in [2.45, 2.75) is 12.3 Å². The zero-order chi connectivity index (χ0) is 12.0. The van der Waals surface area contributed by atoms with Gasteiger partial charge in [0.2, 0.25) is 12.3 Å². The van der Waals surface area contributed by atoms with Crippen LogP contribution in [0.5, 0.6) is 0 Å². The lowest BCUT2D eigenvalue weighted by Crippen LogP contribution is -2.47. The van der Waals surface area contributed by atoms with Crippen molar-refractivity contribution in [2.24, 2.45) is 0 Å². The maximum absolute atomic E-state index is 11.7. The Morgan fingerprint density at radius 1 is 1.18 bits per heavy atom. The number of fused-ring (bicyclic) bond motifs is 1. The fraction of sp³-hybridized carbons (Fsp3) is 0.800. The summed E-state index contributed by atoms with van der Waals surface area (Å²) < 4.78 is 7.56. The molecule has 3 fully saturated rings. The van der Waals surface area contributed by atoms with Gasteiger partial charge in [0.25, 0.3) is 0 Å². The number of urea groups is 1. The predicted molar refractivity (Wildman–Crippen MR) is 60.6 cm³/mol. The highest BCUT2D eigenvalue weighted by Gasteiger charge is 2.52. The van der Waals surface area contributed by atoms with Crippen molar-refractivity contribution < 1.29 is 14.1 Å². The van der Waals surface area contributed by atoms with Crippen LogP contribution in [0.2, 0.25) is 0 Å². The monoisotopic (exact) mass is 240 g/mol.